The minimum atomic E-state index is -0.647. The molecule has 1 aliphatic rings. The molecule has 4 amide bonds. The predicted molar refractivity (Wildman–Crippen MR) is 68.6 cm³/mol. The van der Waals surface area contributed by atoms with Crippen molar-refractivity contribution in [3.05, 3.63) is 60.2 Å². The van der Waals surface area contributed by atoms with Gasteiger partial charge < -0.3 is 0 Å². The zero-order valence-electron chi connectivity index (χ0n) is 10.1. The van der Waals surface area contributed by atoms with Gasteiger partial charge in [0.05, 0.1) is 11.4 Å². The standard InChI is InChI=1S/C14H8F2N2O2/c15-9-3-1-5-11(7-9)17-13(19)18(14(17)20)12-6-2-4-10(16)8-12/h1-8H. The molecular weight excluding hydrogens is 266 g/mol. The number of anilines is 2. The van der Waals surface area contributed by atoms with E-state index >= 15 is 0 Å². The maximum Gasteiger partial charge on any atom is 0.345 e. The van der Waals surface area contributed by atoms with Crippen LogP contribution in [-0.4, -0.2) is 12.1 Å². The summed E-state index contributed by atoms with van der Waals surface area (Å²) >= 11 is 0. The van der Waals surface area contributed by atoms with E-state index < -0.39 is 23.7 Å². The smallest absolute Gasteiger partial charge is 0.246 e. The average molecular weight is 274 g/mol. The van der Waals surface area contributed by atoms with Gasteiger partial charge in [-0.1, -0.05) is 12.1 Å². The molecule has 3 rings (SSSR count). The number of amides is 4. The van der Waals surface area contributed by atoms with Gasteiger partial charge in [-0.25, -0.2) is 28.2 Å². The van der Waals surface area contributed by atoms with Crippen molar-refractivity contribution in [3.63, 3.8) is 0 Å². The van der Waals surface area contributed by atoms with Crippen LogP contribution in [0, 0.1) is 11.6 Å². The number of rotatable bonds is 2. The minimum Gasteiger partial charge on any atom is -0.246 e. The maximum atomic E-state index is 13.1. The molecule has 4 nitrogen and oxygen atoms in total. The molecule has 0 N–H and O–H groups in total. The lowest BCUT2D eigenvalue weighted by Crippen LogP contribution is -2.64. The van der Waals surface area contributed by atoms with E-state index in [0.717, 1.165) is 21.9 Å². The highest BCUT2D eigenvalue weighted by atomic mass is 19.1. The molecule has 0 bridgehead atoms. The summed E-state index contributed by atoms with van der Waals surface area (Å²) < 4.78 is 26.2. The van der Waals surface area contributed by atoms with Crippen molar-refractivity contribution in [1.29, 1.82) is 0 Å². The largest absolute Gasteiger partial charge is 0.345 e. The molecule has 1 saturated heterocycles. The van der Waals surface area contributed by atoms with Crippen molar-refractivity contribution >= 4 is 23.4 Å². The minimum absolute atomic E-state index is 0.146. The molecular formula is C14H8F2N2O2. The lowest BCUT2D eigenvalue weighted by molar-refractivity contribution is 0.226. The Morgan fingerprint density at radius 1 is 0.700 bits per heavy atom. The number of benzene rings is 2. The molecule has 0 aromatic heterocycles. The van der Waals surface area contributed by atoms with Gasteiger partial charge in [0.25, 0.3) is 0 Å². The van der Waals surface area contributed by atoms with Gasteiger partial charge in [0.15, 0.2) is 0 Å². The molecule has 2 aromatic carbocycles. The summed E-state index contributed by atoms with van der Waals surface area (Å²) in [7, 11) is 0. The highest BCUT2D eigenvalue weighted by Gasteiger charge is 2.45. The topological polar surface area (TPSA) is 40.6 Å². The van der Waals surface area contributed by atoms with E-state index in [-0.39, 0.29) is 11.4 Å². The zero-order chi connectivity index (χ0) is 14.3. The normalized spacial score (nSPS) is 14.5. The van der Waals surface area contributed by atoms with E-state index in [4.69, 9.17) is 0 Å². The van der Waals surface area contributed by atoms with Crippen LogP contribution in [0.15, 0.2) is 48.5 Å². The third-order valence-electron chi connectivity index (χ3n) is 2.90. The summed E-state index contributed by atoms with van der Waals surface area (Å²) in [6, 6.07) is 8.98. The molecule has 0 saturated carbocycles. The van der Waals surface area contributed by atoms with Crippen molar-refractivity contribution in [2.75, 3.05) is 9.80 Å². The summed E-state index contributed by atoms with van der Waals surface area (Å²) in [6.45, 7) is 0. The van der Waals surface area contributed by atoms with E-state index in [1.165, 1.54) is 36.4 Å². The number of nitrogens with zero attached hydrogens (tertiary/aromatic N) is 2. The lowest BCUT2D eigenvalue weighted by Gasteiger charge is -2.38. The van der Waals surface area contributed by atoms with Crippen LogP contribution < -0.4 is 9.80 Å². The SMILES string of the molecule is O=C1N(c2cccc(F)c2)C(=O)N1c1cccc(F)c1. The molecule has 20 heavy (non-hydrogen) atoms. The Hall–Kier alpha value is -2.76. The Kier molecular flexibility index (Phi) is 2.71. The second-order valence-electron chi connectivity index (χ2n) is 4.20. The molecule has 1 aliphatic heterocycles. The first-order valence-electron chi connectivity index (χ1n) is 5.77. The molecule has 0 atom stereocenters. The van der Waals surface area contributed by atoms with E-state index in [1.54, 1.807) is 0 Å². The van der Waals surface area contributed by atoms with Gasteiger partial charge in [0, 0.05) is 0 Å². The van der Waals surface area contributed by atoms with Crippen LogP contribution in [0.5, 0.6) is 0 Å². The molecule has 0 radical (unpaired) electrons. The summed E-state index contributed by atoms with van der Waals surface area (Å²) in [5, 5.41) is 0. The van der Waals surface area contributed by atoms with Crippen molar-refractivity contribution in [2.24, 2.45) is 0 Å². The summed E-state index contributed by atoms with van der Waals surface area (Å²) in [6.07, 6.45) is 0. The van der Waals surface area contributed by atoms with Crippen LogP contribution in [-0.2, 0) is 0 Å². The Morgan fingerprint density at radius 2 is 1.10 bits per heavy atom. The van der Waals surface area contributed by atoms with Gasteiger partial charge in [-0.2, -0.15) is 0 Å². The quantitative estimate of drug-likeness (QED) is 0.840. The van der Waals surface area contributed by atoms with Crippen LogP contribution >= 0.6 is 0 Å². The Morgan fingerprint density at radius 3 is 1.45 bits per heavy atom. The Labute approximate surface area is 112 Å². The monoisotopic (exact) mass is 274 g/mol. The molecule has 1 heterocycles. The van der Waals surface area contributed by atoms with Gasteiger partial charge in [-0.05, 0) is 36.4 Å². The predicted octanol–water partition coefficient (Wildman–Crippen LogP) is 3.53. The Bertz CT molecular complexity index is 644. The van der Waals surface area contributed by atoms with Crippen molar-refractivity contribution in [3.8, 4) is 0 Å². The number of carbonyl (C=O) groups excluding carboxylic acids is 2. The third-order valence-corrected chi connectivity index (χ3v) is 2.90. The lowest BCUT2D eigenvalue weighted by atomic mass is 10.2. The molecule has 0 spiro atoms. The van der Waals surface area contributed by atoms with Gasteiger partial charge in [-0.15, -0.1) is 0 Å². The molecule has 100 valence electrons. The molecule has 6 heteroatoms. The fourth-order valence-electron chi connectivity index (χ4n) is 1.99. The van der Waals surface area contributed by atoms with Crippen LogP contribution in [0.2, 0.25) is 0 Å². The maximum absolute atomic E-state index is 13.1. The second-order valence-corrected chi connectivity index (χ2v) is 4.20. The van der Waals surface area contributed by atoms with E-state index in [9.17, 15) is 18.4 Å². The van der Waals surface area contributed by atoms with Gasteiger partial charge in [0.1, 0.15) is 11.6 Å². The van der Waals surface area contributed by atoms with Gasteiger partial charge in [-0.3, -0.25) is 0 Å². The van der Waals surface area contributed by atoms with Crippen LogP contribution in [0.4, 0.5) is 29.7 Å². The fraction of sp³-hybridized carbons (Fsp3) is 0. The summed E-state index contributed by atoms with van der Waals surface area (Å²) in [4.78, 5) is 25.6. The molecule has 2 aromatic rings. The van der Waals surface area contributed by atoms with E-state index in [0.29, 0.717) is 0 Å². The summed E-state index contributed by atoms with van der Waals surface area (Å²) in [5.41, 5.74) is 0.292. The first kappa shape index (κ1) is 12.3. The number of hydrogen-bond donors (Lipinski definition) is 0. The number of imide groups is 2. The van der Waals surface area contributed by atoms with Crippen LogP contribution in [0.3, 0.4) is 0 Å². The Balaban J connectivity index is 1.91. The van der Waals surface area contributed by atoms with Crippen LogP contribution in [0.25, 0.3) is 0 Å². The first-order chi connectivity index (χ1) is 9.58. The molecule has 0 aliphatic carbocycles. The van der Waals surface area contributed by atoms with Crippen LogP contribution in [0.1, 0.15) is 0 Å². The number of urea groups is 2. The second kappa shape index (κ2) is 4.41. The van der Waals surface area contributed by atoms with Crippen molar-refractivity contribution in [1.82, 2.24) is 0 Å². The molecule has 0 unspecified atom stereocenters. The number of hydrogen-bond acceptors (Lipinski definition) is 2. The number of halogens is 2. The third kappa shape index (κ3) is 1.82. The van der Waals surface area contributed by atoms with Gasteiger partial charge >= 0.3 is 12.1 Å². The van der Waals surface area contributed by atoms with Gasteiger partial charge in [0.2, 0.25) is 0 Å². The average Bonchev–Trinajstić information content (AvgIpc) is 2.39. The van der Waals surface area contributed by atoms with Crippen molar-refractivity contribution in [2.45, 2.75) is 0 Å². The molecule has 1 fully saturated rings. The number of carbonyl (C=O) groups is 2. The van der Waals surface area contributed by atoms with Crippen molar-refractivity contribution < 1.29 is 18.4 Å². The zero-order valence-corrected chi connectivity index (χ0v) is 10.1. The fourth-order valence-corrected chi connectivity index (χ4v) is 1.99. The highest BCUT2D eigenvalue weighted by Crippen LogP contribution is 2.30. The summed E-state index contributed by atoms with van der Waals surface area (Å²) in [5.74, 6) is -1.10. The van der Waals surface area contributed by atoms with E-state index in [2.05, 4.69) is 0 Å². The van der Waals surface area contributed by atoms with E-state index in [1.807, 2.05) is 0 Å². The highest BCUT2D eigenvalue weighted by molar-refractivity contribution is 6.41. The first-order valence-corrected chi connectivity index (χ1v) is 5.77.